The number of aliphatic hydroxyl groups is 1. The number of aliphatic hydroxyl groups excluding tert-OH is 1. The molecule has 0 aliphatic carbocycles. The average molecular weight is 218 g/mol. The van der Waals surface area contributed by atoms with Gasteiger partial charge in [0.1, 0.15) is 12.2 Å². The third kappa shape index (κ3) is 4.07. The Morgan fingerprint density at radius 3 is 2.53 bits per heavy atom. The Bertz CT molecular complexity index is 181. The van der Waals surface area contributed by atoms with E-state index in [1.807, 2.05) is 13.8 Å². The Kier molecular flexibility index (Phi) is 4.99. The molecule has 1 aliphatic heterocycles. The van der Waals surface area contributed by atoms with Crippen LogP contribution in [0.15, 0.2) is 0 Å². The SMILES string of the molecule is CCCCOC[C@@H]1OC(C)(C)O[C@H]1CO. The number of hydrogen-bond acceptors (Lipinski definition) is 4. The topological polar surface area (TPSA) is 47.9 Å². The fourth-order valence-corrected chi connectivity index (χ4v) is 1.65. The number of rotatable bonds is 6. The summed E-state index contributed by atoms with van der Waals surface area (Å²) in [6.07, 6.45) is 1.76. The lowest BCUT2D eigenvalue weighted by atomic mass is 10.2. The Labute approximate surface area is 91.5 Å². The van der Waals surface area contributed by atoms with Gasteiger partial charge in [-0.05, 0) is 20.3 Å². The van der Waals surface area contributed by atoms with Crippen molar-refractivity contribution in [3.63, 3.8) is 0 Å². The summed E-state index contributed by atoms with van der Waals surface area (Å²) in [5.74, 6) is -0.605. The van der Waals surface area contributed by atoms with Crippen molar-refractivity contribution in [2.75, 3.05) is 19.8 Å². The molecule has 1 rings (SSSR count). The van der Waals surface area contributed by atoms with Crippen molar-refractivity contribution in [1.29, 1.82) is 0 Å². The molecule has 0 unspecified atom stereocenters. The van der Waals surface area contributed by atoms with Gasteiger partial charge in [-0.2, -0.15) is 0 Å². The number of unbranched alkanes of at least 4 members (excludes halogenated alkanes) is 1. The van der Waals surface area contributed by atoms with E-state index < -0.39 is 5.79 Å². The first-order valence-corrected chi connectivity index (χ1v) is 5.63. The maximum Gasteiger partial charge on any atom is 0.163 e. The van der Waals surface area contributed by atoms with E-state index in [2.05, 4.69) is 6.92 Å². The second-order valence-electron chi connectivity index (χ2n) is 4.32. The van der Waals surface area contributed by atoms with Crippen molar-refractivity contribution in [3.05, 3.63) is 0 Å². The van der Waals surface area contributed by atoms with Gasteiger partial charge in [0.15, 0.2) is 5.79 Å². The number of ether oxygens (including phenoxy) is 3. The monoisotopic (exact) mass is 218 g/mol. The summed E-state index contributed by atoms with van der Waals surface area (Å²) in [5.41, 5.74) is 0. The van der Waals surface area contributed by atoms with E-state index in [4.69, 9.17) is 19.3 Å². The zero-order valence-electron chi connectivity index (χ0n) is 9.86. The maximum atomic E-state index is 9.11. The molecule has 0 spiro atoms. The van der Waals surface area contributed by atoms with E-state index in [9.17, 15) is 0 Å². The molecule has 0 bridgehead atoms. The first-order valence-electron chi connectivity index (χ1n) is 5.63. The van der Waals surface area contributed by atoms with Gasteiger partial charge in [-0.25, -0.2) is 0 Å². The minimum absolute atomic E-state index is 0.0226. The lowest BCUT2D eigenvalue weighted by Gasteiger charge is -2.16. The predicted octanol–water partition coefficient (Wildman–Crippen LogP) is 1.32. The van der Waals surface area contributed by atoms with Crippen LogP contribution < -0.4 is 0 Å². The Balaban J connectivity index is 2.27. The predicted molar refractivity (Wildman–Crippen MR) is 56.6 cm³/mol. The summed E-state index contributed by atoms with van der Waals surface area (Å²) in [6.45, 7) is 7.04. The molecule has 4 heteroatoms. The molecule has 15 heavy (non-hydrogen) atoms. The average Bonchev–Trinajstić information content (AvgIpc) is 2.48. The summed E-state index contributed by atoms with van der Waals surface area (Å²) in [4.78, 5) is 0. The lowest BCUT2D eigenvalue weighted by molar-refractivity contribution is -0.153. The van der Waals surface area contributed by atoms with E-state index >= 15 is 0 Å². The summed E-state index contributed by atoms with van der Waals surface area (Å²) in [6, 6.07) is 0. The molecule has 1 heterocycles. The zero-order chi connectivity index (χ0) is 11.3. The van der Waals surface area contributed by atoms with Crippen molar-refractivity contribution in [1.82, 2.24) is 0 Å². The fourth-order valence-electron chi connectivity index (χ4n) is 1.65. The Hall–Kier alpha value is -0.160. The van der Waals surface area contributed by atoms with Gasteiger partial charge in [-0.3, -0.25) is 0 Å². The molecule has 1 N–H and O–H groups in total. The summed E-state index contributed by atoms with van der Waals surface area (Å²) in [5, 5.41) is 9.11. The van der Waals surface area contributed by atoms with Crippen LogP contribution in [0, 0.1) is 0 Å². The molecular formula is C11H22O4. The van der Waals surface area contributed by atoms with Crippen LogP contribution in [-0.4, -0.2) is 42.9 Å². The van der Waals surface area contributed by atoms with Crippen molar-refractivity contribution in [3.8, 4) is 0 Å². The number of hydrogen-bond donors (Lipinski definition) is 1. The van der Waals surface area contributed by atoms with Crippen molar-refractivity contribution in [2.45, 2.75) is 51.6 Å². The van der Waals surface area contributed by atoms with Gasteiger partial charge < -0.3 is 19.3 Å². The van der Waals surface area contributed by atoms with Crippen LogP contribution in [0.4, 0.5) is 0 Å². The van der Waals surface area contributed by atoms with Gasteiger partial charge >= 0.3 is 0 Å². The third-order valence-corrected chi connectivity index (χ3v) is 2.39. The van der Waals surface area contributed by atoms with Gasteiger partial charge in [0.05, 0.1) is 13.2 Å². The van der Waals surface area contributed by atoms with Gasteiger partial charge in [0.2, 0.25) is 0 Å². The van der Waals surface area contributed by atoms with Crippen LogP contribution >= 0.6 is 0 Å². The molecule has 0 saturated carbocycles. The van der Waals surface area contributed by atoms with Crippen LogP contribution in [0.1, 0.15) is 33.6 Å². The molecule has 0 aromatic rings. The van der Waals surface area contributed by atoms with Crippen molar-refractivity contribution in [2.24, 2.45) is 0 Å². The summed E-state index contributed by atoms with van der Waals surface area (Å²) in [7, 11) is 0. The molecule has 2 atom stereocenters. The fraction of sp³-hybridized carbons (Fsp3) is 1.00. The second-order valence-corrected chi connectivity index (χ2v) is 4.32. The zero-order valence-corrected chi connectivity index (χ0v) is 9.86. The van der Waals surface area contributed by atoms with Crippen LogP contribution in [0.5, 0.6) is 0 Å². The minimum atomic E-state index is -0.605. The highest BCUT2D eigenvalue weighted by Crippen LogP contribution is 2.27. The maximum absolute atomic E-state index is 9.11. The molecule has 0 radical (unpaired) electrons. The smallest absolute Gasteiger partial charge is 0.163 e. The quantitative estimate of drug-likeness (QED) is 0.683. The molecule has 1 aliphatic rings. The summed E-state index contributed by atoms with van der Waals surface area (Å²) >= 11 is 0. The largest absolute Gasteiger partial charge is 0.394 e. The highest BCUT2D eigenvalue weighted by Gasteiger charge is 2.40. The van der Waals surface area contributed by atoms with Crippen LogP contribution in [-0.2, 0) is 14.2 Å². The molecule has 0 amide bonds. The third-order valence-electron chi connectivity index (χ3n) is 2.39. The van der Waals surface area contributed by atoms with Crippen LogP contribution in [0.3, 0.4) is 0 Å². The van der Waals surface area contributed by atoms with E-state index in [1.165, 1.54) is 0 Å². The van der Waals surface area contributed by atoms with Crippen LogP contribution in [0.25, 0.3) is 0 Å². The first kappa shape index (κ1) is 12.9. The molecule has 4 nitrogen and oxygen atoms in total. The van der Waals surface area contributed by atoms with E-state index in [-0.39, 0.29) is 18.8 Å². The highest BCUT2D eigenvalue weighted by atomic mass is 16.8. The highest BCUT2D eigenvalue weighted by molar-refractivity contribution is 4.80. The normalized spacial score (nSPS) is 29.6. The Morgan fingerprint density at radius 2 is 1.93 bits per heavy atom. The Morgan fingerprint density at radius 1 is 1.27 bits per heavy atom. The van der Waals surface area contributed by atoms with Gasteiger partial charge in [-0.15, -0.1) is 0 Å². The van der Waals surface area contributed by atoms with Gasteiger partial charge in [0.25, 0.3) is 0 Å². The molecule has 0 aromatic heterocycles. The van der Waals surface area contributed by atoms with Crippen molar-refractivity contribution >= 4 is 0 Å². The molecular weight excluding hydrogens is 196 g/mol. The first-order chi connectivity index (χ1) is 7.09. The summed E-state index contributed by atoms with van der Waals surface area (Å²) < 4.78 is 16.6. The van der Waals surface area contributed by atoms with E-state index in [1.54, 1.807) is 0 Å². The second kappa shape index (κ2) is 5.80. The minimum Gasteiger partial charge on any atom is -0.394 e. The molecule has 0 aromatic carbocycles. The van der Waals surface area contributed by atoms with E-state index in [0.717, 1.165) is 19.4 Å². The van der Waals surface area contributed by atoms with E-state index in [0.29, 0.717) is 6.61 Å². The van der Waals surface area contributed by atoms with Crippen LogP contribution in [0.2, 0.25) is 0 Å². The van der Waals surface area contributed by atoms with Crippen molar-refractivity contribution < 1.29 is 19.3 Å². The molecule has 1 saturated heterocycles. The van der Waals surface area contributed by atoms with Gasteiger partial charge in [-0.1, -0.05) is 13.3 Å². The molecule has 90 valence electrons. The lowest BCUT2D eigenvalue weighted by Crippen LogP contribution is -2.30. The van der Waals surface area contributed by atoms with Gasteiger partial charge in [0, 0.05) is 6.61 Å². The molecule has 1 fully saturated rings. The standard InChI is InChI=1S/C11H22O4/c1-4-5-6-13-8-10-9(7-12)14-11(2,3)15-10/h9-10,12H,4-8H2,1-3H3/t9-,10-/m0/s1.